The van der Waals surface area contributed by atoms with E-state index in [0.29, 0.717) is 0 Å². The van der Waals surface area contributed by atoms with Crippen molar-refractivity contribution in [2.24, 2.45) is 5.73 Å². The first kappa shape index (κ1) is 11.0. The van der Waals surface area contributed by atoms with Gasteiger partial charge >= 0.3 is 0 Å². The van der Waals surface area contributed by atoms with Crippen LogP contribution < -0.4 is 5.73 Å². The highest BCUT2D eigenvalue weighted by atomic mass is 32.1. The van der Waals surface area contributed by atoms with Crippen LogP contribution in [-0.4, -0.2) is 5.54 Å². The normalized spacial score (nSPS) is 17.0. The summed E-state index contributed by atoms with van der Waals surface area (Å²) in [6.45, 7) is 0. The van der Waals surface area contributed by atoms with Crippen molar-refractivity contribution in [3.8, 4) is 0 Å². The summed E-state index contributed by atoms with van der Waals surface area (Å²) < 4.78 is 0. The molecule has 0 fully saturated rings. The van der Waals surface area contributed by atoms with E-state index in [-0.39, 0.29) is 5.54 Å². The lowest BCUT2D eigenvalue weighted by atomic mass is 9.90. The van der Waals surface area contributed by atoms with Crippen LogP contribution in [0.1, 0.15) is 23.1 Å². The average molecular weight is 243 g/mol. The van der Waals surface area contributed by atoms with Gasteiger partial charge in [-0.15, -0.1) is 0 Å². The fourth-order valence-corrected chi connectivity index (χ4v) is 3.43. The first-order valence-electron chi connectivity index (χ1n) is 6.12. The molecule has 2 heteroatoms. The molecule has 1 aliphatic carbocycles. The number of benzene rings is 1. The lowest BCUT2D eigenvalue weighted by molar-refractivity contribution is 0.415. The highest BCUT2D eigenvalue weighted by Gasteiger charge is 2.32. The van der Waals surface area contributed by atoms with Crippen LogP contribution in [0.25, 0.3) is 0 Å². The van der Waals surface area contributed by atoms with Crippen LogP contribution in [0.2, 0.25) is 0 Å². The van der Waals surface area contributed by atoms with Crippen LogP contribution in [0.4, 0.5) is 0 Å². The van der Waals surface area contributed by atoms with E-state index in [1.165, 1.54) is 16.7 Å². The SMILES string of the molecule is NC1(CCc2ccsc2)Cc2ccccc2C1. The molecular weight excluding hydrogens is 226 g/mol. The van der Waals surface area contributed by atoms with Crippen molar-refractivity contribution in [2.75, 3.05) is 0 Å². The van der Waals surface area contributed by atoms with Crippen LogP contribution in [0, 0.1) is 0 Å². The zero-order valence-electron chi connectivity index (χ0n) is 9.86. The number of hydrogen-bond acceptors (Lipinski definition) is 2. The van der Waals surface area contributed by atoms with Crippen LogP contribution in [0.5, 0.6) is 0 Å². The van der Waals surface area contributed by atoms with E-state index in [1.54, 1.807) is 11.3 Å². The summed E-state index contributed by atoms with van der Waals surface area (Å²) >= 11 is 1.77. The van der Waals surface area contributed by atoms with Gasteiger partial charge < -0.3 is 5.73 Å². The predicted molar refractivity (Wildman–Crippen MR) is 73.4 cm³/mol. The smallest absolute Gasteiger partial charge is 0.0239 e. The predicted octanol–water partition coefficient (Wildman–Crippen LogP) is 3.18. The maximum atomic E-state index is 6.53. The summed E-state index contributed by atoms with van der Waals surface area (Å²) in [4.78, 5) is 0. The van der Waals surface area contributed by atoms with Gasteiger partial charge in [0.15, 0.2) is 0 Å². The van der Waals surface area contributed by atoms with Gasteiger partial charge in [-0.3, -0.25) is 0 Å². The van der Waals surface area contributed by atoms with Gasteiger partial charge in [-0.25, -0.2) is 0 Å². The molecular formula is C15H17NS. The fraction of sp³-hybridized carbons (Fsp3) is 0.333. The molecule has 0 spiro atoms. The van der Waals surface area contributed by atoms with E-state index in [1.807, 2.05) is 0 Å². The van der Waals surface area contributed by atoms with Gasteiger partial charge in [-0.1, -0.05) is 24.3 Å². The van der Waals surface area contributed by atoms with E-state index in [2.05, 4.69) is 41.1 Å². The highest BCUT2D eigenvalue weighted by Crippen LogP contribution is 2.31. The van der Waals surface area contributed by atoms with E-state index in [9.17, 15) is 0 Å². The molecule has 2 aromatic rings. The molecule has 1 heterocycles. The van der Waals surface area contributed by atoms with Crippen molar-refractivity contribution >= 4 is 11.3 Å². The van der Waals surface area contributed by atoms with Crippen molar-refractivity contribution in [2.45, 2.75) is 31.2 Å². The monoisotopic (exact) mass is 243 g/mol. The molecule has 3 rings (SSSR count). The van der Waals surface area contributed by atoms with E-state index in [0.717, 1.165) is 25.7 Å². The topological polar surface area (TPSA) is 26.0 Å². The summed E-state index contributed by atoms with van der Waals surface area (Å²) in [5.74, 6) is 0. The van der Waals surface area contributed by atoms with Crippen molar-refractivity contribution in [3.05, 3.63) is 57.8 Å². The molecule has 88 valence electrons. The maximum absolute atomic E-state index is 6.53. The molecule has 17 heavy (non-hydrogen) atoms. The number of nitrogens with two attached hydrogens (primary N) is 1. The molecule has 0 saturated heterocycles. The Balaban J connectivity index is 1.69. The zero-order chi connectivity index (χ0) is 11.7. The fourth-order valence-electron chi connectivity index (χ4n) is 2.73. The summed E-state index contributed by atoms with van der Waals surface area (Å²) in [7, 11) is 0. The molecule has 1 aliphatic rings. The minimum Gasteiger partial charge on any atom is -0.324 e. The third-order valence-corrected chi connectivity index (χ3v) is 4.43. The molecule has 0 radical (unpaired) electrons. The summed E-state index contributed by atoms with van der Waals surface area (Å²) in [5.41, 5.74) is 10.8. The molecule has 0 unspecified atom stereocenters. The standard InChI is InChI=1S/C15H17NS/c16-15(7-5-12-6-8-17-11-12)9-13-3-1-2-4-14(13)10-15/h1-4,6,8,11H,5,7,9-10,16H2. The Bertz CT molecular complexity index is 476. The number of aryl methyl sites for hydroxylation is 1. The number of fused-ring (bicyclic) bond motifs is 1. The Kier molecular flexibility index (Phi) is 2.77. The molecule has 0 aliphatic heterocycles. The minimum absolute atomic E-state index is 0.0222. The minimum atomic E-state index is -0.0222. The van der Waals surface area contributed by atoms with Crippen LogP contribution in [-0.2, 0) is 19.3 Å². The van der Waals surface area contributed by atoms with E-state index < -0.39 is 0 Å². The van der Waals surface area contributed by atoms with Crippen molar-refractivity contribution in [1.82, 2.24) is 0 Å². The van der Waals surface area contributed by atoms with Gasteiger partial charge in [0.2, 0.25) is 0 Å². The lowest BCUT2D eigenvalue weighted by Gasteiger charge is -2.23. The average Bonchev–Trinajstić information content (AvgIpc) is 2.92. The second-order valence-electron chi connectivity index (χ2n) is 5.12. The molecule has 0 atom stereocenters. The maximum Gasteiger partial charge on any atom is 0.0239 e. The Hall–Kier alpha value is -1.12. The van der Waals surface area contributed by atoms with Crippen molar-refractivity contribution in [1.29, 1.82) is 0 Å². The van der Waals surface area contributed by atoms with Crippen LogP contribution in [0.15, 0.2) is 41.1 Å². The third kappa shape index (κ3) is 2.28. The van der Waals surface area contributed by atoms with E-state index in [4.69, 9.17) is 5.73 Å². The molecule has 1 aromatic carbocycles. The number of thiophene rings is 1. The number of hydrogen-bond donors (Lipinski definition) is 1. The number of rotatable bonds is 3. The quantitative estimate of drug-likeness (QED) is 0.880. The van der Waals surface area contributed by atoms with Gasteiger partial charge in [0.05, 0.1) is 0 Å². The van der Waals surface area contributed by atoms with Gasteiger partial charge in [-0.05, 0) is 59.2 Å². The Labute approximate surface area is 106 Å². The van der Waals surface area contributed by atoms with Crippen LogP contribution >= 0.6 is 11.3 Å². The van der Waals surface area contributed by atoms with Gasteiger partial charge in [0.1, 0.15) is 0 Å². The van der Waals surface area contributed by atoms with E-state index >= 15 is 0 Å². The van der Waals surface area contributed by atoms with Gasteiger partial charge in [0.25, 0.3) is 0 Å². The Morgan fingerprint density at radius 2 is 1.82 bits per heavy atom. The second-order valence-corrected chi connectivity index (χ2v) is 5.90. The molecule has 2 N–H and O–H groups in total. The second kappa shape index (κ2) is 4.28. The third-order valence-electron chi connectivity index (χ3n) is 3.70. The van der Waals surface area contributed by atoms with Crippen molar-refractivity contribution < 1.29 is 0 Å². The summed E-state index contributed by atoms with van der Waals surface area (Å²) in [6.07, 6.45) is 4.26. The molecule has 1 nitrogen and oxygen atoms in total. The Morgan fingerprint density at radius 3 is 2.41 bits per heavy atom. The first-order valence-corrected chi connectivity index (χ1v) is 7.06. The van der Waals surface area contributed by atoms with Crippen molar-refractivity contribution in [3.63, 3.8) is 0 Å². The molecule has 0 saturated carbocycles. The first-order chi connectivity index (χ1) is 8.25. The lowest BCUT2D eigenvalue weighted by Crippen LogP contribution is -2.41. The van der Waals surface area contributed by atoms with Crippen LogP contribution in [0.3, 0.4) is 0 Å². The zero-order valence-corrected chi connectivity index (χ0v) is 10.7. The molecule has 1 aromatic heterocycles. The highest BCUT2D eigenvalue weighted by molar-refractivity contribution is 7.07. The summed E-state index contributed by atoms with van der Waals surface area (Å²) in [6, 6.07) is 10.9. The molecule has 0 amide bonds. The van der Waals surface area contributed by atoms with Gasteiger partial charge in [-0.2, -0.15) is 11.3 Å². The molecule has 0 bridgehead atoms. The van der Waals surface area contributed by atoms with Gasteiger partial charge in [0, 0.05) is 5.54 Å². The summed E-state index contributed by atoms with van der Waals surface area (Å²) in [5, 5.41) is 4.37. The Morgan fingerprint density at radius 1 is 1.12 bits per heavy atom. The largest absolute Gasteiger partial charge is 0.324 e.